The van der Waals surface area contributed by atoms with Gasteiger partial charge in [0.2, 0.25) is 5.65 Å². The highest BCUT2D eigenvalue weighted by Crippen LogP contribution is 2.17. The molecule has 0 aliphatic carbocycles. The van der Waals surface area contributed by atoms with Crippen LogP contribution in [-0.2, 0) is 13.6 Å². The van der Waals surface area contributed by atoms with Crippen molar-refractivity contribution in [3.05, 3.63) is 55.0 Å². The third-order valence-electron chi connectivity index (χ3n) is 4.00. The first kappa shape index (κ1) is 13.8. The summed E-state index contributed by atoms with van der Waals surface area (Å²) >= 11 is 0. The molecule has 0 aliphatic heterocycles. The molecule has 0 bridgehead atoms. The Morgan fingerprint density at radius 1 is 1.08 bits per heavy atom. The van der Waals surface area contributed by atoms with Gasteiger partial charge in [-0.1, -0.05) is 5.21 Å². The Bertz CT molecular complexity index is 1200. The zero-order valence-electron chi connectivity index (χ0n) is 13.4. The van der Waals surface area contributed by atoms with Gasteiger partial charge in [-0.25, -0.2) is 14.6 Å². The van der Waals surface area contributed by atoms with E-state index >= 15 is 0 Å². The molecule has 5 rings (SSSR count). The largest absolute Gasteiger partial charge is 0.320 e. The maximum absolute atomic E-state index is 4.65. The molecule has 25 heavy (non-hydrogen) atoms. The van der Waals surface area contributed by atoms with E-state index in [1.54, 1.807) is 21.8 Å². The first-order chi connectivity index (χ1) is 12.3. The zero-order chi connectivity index (χ0) is 16.8. The summed E-state index contributed by atoms with van der Waals surface area (Å²) in [6, 6.07) is 3.99. The molecule has 0 amide bonds. The van der Waals surface area contributed by atoms with E-state index in [9.17, 15) is 0 Å². The lowest BCUT2D eigenvalue weighted by Crippen LogP contribution is -2.06. The minimum atomic E-state index is 0.468. The van der Waals surface area contributed by atoms with Gasteiger partial charge in [-0.2, -0.15) is 5.10 Å². The number of rotatable bonds is 3. The first-order valence-electron chi connectivity index (χ1n) is 7.73. The highest BCUT2D eigenvalue weighted by molar-refractivity contribution is 5.69. The quantitative estimate of drug-likeness (QED) is 0.495. The second-order valence-corrected chi connectivity index (χ2v) is 5.77. The van der Waals surface area contributed by atoms with E-state index in [1.165, 1.54) is 0 Å². The van der Waals surface area contributed by atoms with Crippen LogP contribution in [0.25, 0.3) is 28.1 Å². The zero-order valence-corrected chi connectivity index (χ0v) is 13.4. The second-order valence-electron chi connectivity index (χ2n) is 5.77. The van der Waals surface area contributed by atoms with Crippen molar-refractivity contribution in [3.8, 4) is 11.3 Å². The Balaban J connectivity index is 1.56. The molecule has 122 valence electrons. The Morgan fingerprint density at radius 3 is 2.92 bits per heavy atom. The molecule has 0 fully saturated rings. The number of fused-ring (bicyclic) bond motifs is 2. The van der Waals surface area contributed by atoms with E-state index in [0.29, 0.717) is 17.8 Å². The first-order valence-corrected chi connectivity index (χ1v) is 7.73. The summed E-state index contributed by atoms with van der Waals surface area (Å²) in [5, 5.41) is 12.4. The molecule has 0 atom stereocenters. The van der Waals surface area contributed by atoms with Crippen LogP contribution in [-0.4, -0.2) is 44.1 Å². The van der Waals surface area contributed by atoms with Gasteiger partial charge in [0, 0.05) is 31.2 Å². The van der Waals surface area contributed by atoms with Crippen LogP contribution in [0.3, 0.4) is 0 Å². The van der Waals surface area contributed by atoms with Crippen molar-refractivity contribution in [3.63, 3.8) is 0 Å². The molecule has 5 aromatic rings. The van der Waals surface area contributed by atoms with Crippen molar-refractivity contribution in [2.75, 3.05) is 0 Å². The molecule has 0 radical (unpaired) electrons. The lowest BCUT2D eigenvalue weighted by molar-refractivity contribution is 0.650. The molecule has 5 aromatic heterocycles. The predicted molar refractivity (Wildman–Crippen MR) is 89.6 cm³/mol. The summed E-state index contributed by atoms with van der Waals surface area (Å²) in [7, 11) is 1.87. The van der Waals surface area contributed by atoms with Crippen LogP contribution in [0.1, 0.15) is 5.69 Å². The van der Waals surface area contributed by atoms with Gasteiger partial charge in [0.1, 0.15) is 0 Å². The van der Waals surface area contributed by atoms with Crippen molar-refractivity contribution < 1.29 is 0 Å². The average molecular weight is 331 g/mol. The molecular weight excluding hydrogens is 318 g/mol. The number of aromatic nitrogens is 9. The standard InChI is InChI=1S/C16H13N9/c1-23-8-11(5-19-23)14-7-18-15-16(20-14)25(22-21-15)10-12-9-24-4-2-3-13(24)6-17-12/h2-9H,10H2,1H3. The van der Waals surface area contributed by atoms with E-state index < -0.39 is 0 Å². The fraction of sp³-hybridized carbons (Fsp3) is 0.125. The van der Waals surface area contributed by atoms with Crippen molar-refractivity contribution >= 4 is 16.8 Å². The monoisotopic (exact) mass is 331 g/mol. The van der Waals surface area contributed by atoms with Gasteiger partial charge in [-0.05, 0) is 12.1 Å². The minimum Gasteiger partial charge on any atom is -0.320 e. The summed E-state index contributed by atoms with van der Waals surface area (Å²) in [4.78, 5) is 13.5. The molecule has 5 heterocycles. The van der Waals surface area contributed by atoms with Crippen LogP contribution in [0.5, 0.6) is 0 Å². The molecule has 0 saturated carbocycles. The molecule has 0 N–H and O–H groups in total. The van der Waals surface area contributed by atoms with Gasteiger partial charge in [-0.3, -0.25) is 9.67 Å². The van der Waals surface area contributed by atoms with Gasteiger partial charge in [-0.15, -0.1) is 5.10 Å². The van der Waals surface area contributed by atoms with Crippen LogP contribution in [0.2, 0.25) is 0 Å². The third-order valence-corrected chi connectivity index (χ3v) is 4.00. The highest BCUT2D eigenvalue weighted by Gasteiger charge is 2.12. The van der Waals surface area contributed by atoms with Gasteiger partial charge in [0.05, 0.1) is 42.0 Å². The SMILES string of the molecule is Cn1cc(-c2cnc3nnn(Cc4cn5cccc5cn4)c3n2)cn1. The van der Waals surface area contributed by atoms with Crippen molar-refractivity contribution in [1.82, 2.24) is 44.1 Å². The minimum absolute atomic E-state index is 0.468. The summed E-state index contributed by atoms with van der Waals surface area (Å²) in [6.07, 6.45) is 11.1. The number of hydrogen-bond donors (Lipinski definition) is 0. The number of nitrogens with zero attached hydrogens (tertiary/aromatic N) is 9. The number of hydrogen-bond acceptors (Lipinski definition) is 6. The van der Waals surface area contributed by atoms with E-state index in [-0.39, 0.29) is 0 Å². The number of aryl methyl sites for hydroxylation is 1. The van der Waals surface area contributed by atoms with Gasteiger partial charge < -0.3 is 4.40 Å². The molecule has 0 unspecified atom stereocenters. The summed E-state index contributed by atoms with van der Waals surface area (Å²) in [5.74, 6) is 0. The smallest absolute Gasteiger partial charge is 0.221 e. The van der Waals surface area contributed by atoms with Gasteiger partial charge in [0.25, 0.3) is 0 Å². The molecule has 0 aromatic carbocycles. The third kappa shape index (κ3) is 2.33. The normalized spacial score (nSPS) is 11.6. The Labute approximate surface area is 141 Å². The highest BCUT2D eigenvalue weighted by atomic mass is 15.5. The van der Waals surface area contributed by atoms with Crippen LogP contribution in [0, 0.1) is 0 Å². The topological polar surface area (TPSA) is 91.6 Å². The molecule has 0 spiro atoms. The molecule has 0 aliphatic rings. The summed E-state index contributed by atoms with van der Waals surface area (Å²) in [5.41, 5.74) is 4.68. The lowest BCUT2D eigenvalue weighted by Gasteiger charge is -2.03. The van der Waals surface area contributed by atoms with E-state index in [0.717, 1.165) is 22.5 Å². The maximum atomic E-state index is 4.65. The van der Waals surface area contributed by atoms with Crippen LogP contribution < -0.4 is 0 Å². The Hall–Kier alpha value is -3.62. The lowest BCUT2D eigenvalue weighted by atomic mass is 10.3. The van der Waals surface area contributed by atoms with Crippen molar-refractivity contribution in [2.24, 2.45) is 7.05 Å². The molecule has 0 saturated heterocycles. The summed E-state index contributed by atoms with van der Waals surface area (Å²) in [6.45, 7) is 0.468. The molecular formula is C16H13N9. The van der Waals surface area contributed by atoms with E-state index in [2.05, 4.69) is 30.4 Å². The maximum Gasteiger partial charge on any atom is 0.221 e. The van der Waals surface area contributed by atoms with Crippen LogP contribution in [0.15, 0.2) is 49.3 Å². The fourth-order valence-corrected chi connectivity index (χ4v) is 2.77. The van der Waals surface area contributed by atoms with E-state index in [4.69, 9.17) is 0 Å². The summed E-state index contributed by atoms with van der Waals surface area (Å²) < 4.78 is 5.46. The van der Waals surface area contributed by atoms with Gasteiger partial charge in [0.15, 0.2) is 5.65 Å². The van der Waals surface area contributed by atoms with Crippen molar-refractivity contribution in [1.29, 1.82) is 0 Å². The van der Waals surface area contributed by atoms with Crippen LogP contribution in [0.4, 0.5) is 0 Å². The Kier molecular flexibility index (Phi) is 2.87. The van der Waals surface area contributed by atoms with Crippen molar-refractivity contribution in [2.45, 2.75) is 6.54 Å². The fourth-order valence-electron chi connectivity index (χ4n) is 2.77. The molecule has 9 nitrogen and oxygen atoms in total. The van der Waals surface area contributed by atoms with E-state index in [1.807, 2.05) is 48.4 Å². The molecule has 9 heteroatoms. The van der Waals surface area contributed by atoms with Gasteiger partial charge >= 0.3 is 0 Å². The second kappa shape index (κ2) is 5.20. The predicted octanol–water partition coefficient (Wildman–Crippen LogP) is 1.32. The van der Waals surface area contributed by atoms with Crippen LogP contribution >= 0.6 is 0 Å². The Morgan fingerprint density at radius 2 is 2.04 bits per heavy atom. The average Bonchev–Trinajstić information content (AvgIpc) is 3.34.